The van der Waals surface area contributed by atoms with Gasteiger partial charge >= 0.3 is 0 Å². The van der Waals surface area contributed by atoms with Gasteiger partial charge in [0.05, 0.1) is 6.54 Å². The van der Waals surface area contributed by atoms with Crippen molar-refractivity contribution in [1.29, 1.82) is 0 Å². The third kappa shape index (κ3) is 7.18. The first kappa shape index (κ1) is 21.7. The van der Waals surface area contributed by atoms with Crippen molar-refractivity contribution in [2.45, 2.75) is 47.1 Å². The van der Waals surface area contributed by atoms with E-state index in [0.29, 0.717) is 50.1 Å². The molecular weight excluding hydrogens is 354 g/mol. The number of nitrogens with zero attached hydrogens (tertiary/aromatic N) is 2. The average molecular weight is 386 g/mol. The van der Waals surface area contributed by atoms with E-state index >= 15 is 0 Å². The van der Waals surface area contributed by atoms with E-state index in [9.17, 15) is 9.59 Å². The number of hydrogen-bond donors (Lipinski definition) is 1. The molecule has 0 unspecified atom stereocenters. The molecule has 0 spiro atoms. The molecule has 152 valence electrons. The Hall–Kier alpha value is -2.63. The van der Waals surface area contributed by atoms with Crippen LogP contribution in [-0.4, -0.2) is 35.0 Å². The fraction of sp³-hybridized carbons (Fsp3) is 0.500. The lowest BCUT2D eigenvalue weighted by atomic mass is 10.1. The summed E-state index contributed by atoms with van der Waals surface area (Å²) in [5.74, 6) is 1.02. The molecule has 0 aliphatic heterocycles. The molecule has 2 amide bonds. The largest absolute Gasteiger partial charge is 0.359 e. The minimum absolute atomic E-state index is 0.0692. The minimum atomic E-state index is -0.255. The number of benzene rings is 1. The minimum Gasteiger partial charge on any atom is -0.359 e. The number of carbonyl (C=O) groups excluding carboxylic acids is 2. The Morgan fingerprint density at radius 1 is 1.11 bits per heavy atom. The Balaban J connectivity index is 1.97. The van der Waals surface area contributed by atoms with Gasteiger partial charge in [0.25, 0.3) is 5.91 Å². The first-order valence-electron chi connectivity index (χ1n) is 9.90. The second-order valence-corrected chi connectivity index (χ2v) is 7.94. The van der Waals surface area contributed by atoms with Crippen molar-refractivity contribution in [1.82, 2.24) is 15.4 Å². The van der Waals surface area contributed by atoms with Crippen LogP contribution in [0.1, 0.15) is 55.9 Å². The molecule has 0 fully saturated rings. The fourth-order valence-electron chi connectivity index (χ4n) is 2.82. The zero-order valence-electron chi connectivity index (χ0n) is 17.3. The molecule has 0 radical (unpaired) electrons. The molecule has 6 nitrogen and oxygen atoms in total. The predicted octanol–water partition coefficient (Wildman–Crippen LogP) is 3.68. The molecule has 0 saturated heterocycles. The van der Waals surface area contributed by atoms with E-state index in [4.69, 9.17) is 4.52 Å². The number of aryl methyl sites for hydroxylation is 1. The van der Waals surface area contributed by atoms with Crippen LogP contribution in [0, 0.1) is 11.8 Å². The summed E-state index contributed by atoms with van der Waals surface area (Å²) in [7, 11) is 0. The topological polar surface area (TPSA) is 75.4 Å². The summed E-state index contributed by atoms with van der Waals surface area (Å²) in [5, 5.41) is 6.67. The summed E-state index contributed by atoms with van der Waals surface area (Å²) in [4.78, 5) is 26.6. The van der Waals surface area contributed by atoms with Crippen LogP contribution in [0.2, 0.25) is 0 Å². The lowest BCUT2D eigenvalue weighted by Crippen LogP contribution is -2.33. The van der Waals surface area contributed by atoms with Gasteiger partial charge in [-0.3, -0.25) is 9.59 Å². The highest BCUT2D eigenvalue weighted by atomic mass is 16.5. The van der Waals surface area contributed by atoms with Crippen LogP contribution in [0.3, 0.4) is 0 Å². The second kappa shape index (κ2) is 10.6. The van der Waals surface area contributed by atoms with Crippen LogP contribution < -0.4 is 5.32 Å². The van der Waals surface area contributed by atoms with Crippen molar-refractivity contribution in [3.05, 3.63) is 53.4 Å². The molecular formula is C22H31N3O3. The SMILES string of the molecule is CC(C)CNC(=O)c1cc(CN(CC(C)C)C(=O)CCc2ccccc2)on1. The molecule has 6 heteroatoms. The van der Waals surface area contributed by atoms with Gasteiger partial charge in [-0.2, -0.15) is 0 Å². The summed E-state index contributed by atoms with van der Waals surface area (Å²) >= 11 is 0. The van der Waals surface area contributed by atoms with E-state index in [2.05, 4.69) is 24.3 Å². The van der Waals surface area contributed by atoms with E-state index in [0.717, 1.165) is 5.56 Å². The van der Waals surface area contributed by atoms with Gasteiger partial charge in [0.2, 0.25) is 5.91 Å². The highest BCUT2D eigenvalue weighted by Crippen LogP contribution is 2.13. The van der Waals surface area contributed by atoms with Crippen molar-refractivity contribution in [2.75, 3.05) is 13.1 Å². The van der Waals surface area contributed by atoms with Gasteiger partial charge in [-0.1, -0.05) is 63.2 Å². The molecule has 0 aliphatic rings. The Morgan fingerprint density at radius 3 is 2.46 bits per heavy atom. The Morgan fingerprint density at radius 2 is 1.82 bits per heavy atom. The highest BCUT2D eigenvalue weighted by molar-refractivity contribution is 5.92. The van der Waals surface area contributed by atoms with Crippen LogP contribution in [0.5, 0.6) is 0 Å². The molecule has 1 N–H and O–H groups in total. The Labute approximate surface area is 167 Å². The summed E-state index contributed by atoms with van der Waals surface area (Å²) < 4.78 is 5.31. The van der Waals surface area contributed by atoms with Gasteiger partial charge in [-0.05, 0) is 23.8 Å². The number of amides is 2. The summed E-state index contributed by atoms with van der Waals surface area (Å²) in [6.07, 6.45) is 1.14. The molecule has 2 aromatic rings. The highest BCUT2D eigenvalue weighted by Gasteiger charge is 2.19. The van der Waals surface area contributed by atoms with Gasteiger partial charge < -0.3 is 14.7 Å². The number of rotatable bonds is 10. The maximum absolute atomic E-state index is 12.8. The summed E-state index contributed by atoms with van der Waals surface area (Å²) in [5.41, 5.74) is 1.39. The van der Waals surface area contributed by atoms with E-state index in [1.807, 2.05) is 44.2 Å². The number of nitrogens with one attached hydrogen (secondary N) is 1. The molecule has 1 aromatic carbocycles. The van der Waals surface area contributed by atoms with Crippen molar-refractivity contribution in [2.24, 2.45) is 11.8 Å². The third-order valence-corrected chi connectivity index (χ3v) is 4.22. The van der Waals surface area contributed by atoms with Crippen molar-refractivity contribution < 1.29 is 14.1 Å². The lowest BCUT2D eigenvalue weighted by molar-refractivity contribution is -0.132. The summed E-state index contributed by atoms with van der Waals surface area (Å²) in [6, 6.07) is 11.6. The Kier molecular flexibility index (Phi) is 8.23. The average Bonchev–Trinajstić information content (AvgIpc) is 3.12. The van der Waals surface area contributed by atoms with Crippen LogP contribution in [0.25, 0.3) is 0 Å². The maximum Gasteiger partial charge on any atom is 0.273 e. The first-order valence-corrected chi connectivity index (χ1v) is 9.90. The van der Waals surface area contributed by atoms with Gasteiger partial charge in [0.1, 0.15) is 0 Å². The van der Waals surface area contributed by atoms with Crippen molar-refractivity contribution in [3.63, 3.8) is 0 Å². The predicted molar refractivity (Wildman–Crippen MR) is 109 cm³/mol. The third-order valence-electron chi connectivity index (χ3n) is 4.22. The van der Waals surface area contributed by atoms with E-state index in [1.165, 1.54) is 0 Å². The lowest BCUT2D eigenvalue weighted by Gasteiger charge is -2.23. The molecule has 0 saturated carbocycles. The van der Waals surface area contributed by atoms with Gasteiger partial charge in [-0.15, -0.1) is 0 Å². The fourth-order valence-corrected chi connectivity index (χ4v) is 2.82. The summed E-state index contributed by atoms with van der Waals surface area (Å²) in [6.45, 7) is 9.72. The standard InChI is InChI=1S/C22H31N3O3/c1-16(2)13-23-22(27)20-12-19(28-24-20)15-25(14-17(3)4)21(26)11-10-18-8-6-5-7-9-18/h5-9,12,16-17H,10-11,13-15H2,1-4H3,(H,23,27). The maximum atomic E-state index is 12.8. The molecule has 0 bridgehead atoms. The zero-order valence-corrected chi connectivity index (χ0v) is 17.3. The van der Waals surface area contributed by atoms with Gasteiger partial charge in [0, 0.05) is 25.6 Å². The molecule has 1 aromatic heterocycles. The van der Waals surface area contributed by atoms with Crippen LogP contribution in [-0.2, 0) is 17.8 Å². The van der Waals surface area contributed by atoms with Crippen LogP contribution >= 0.6 is 0 Å². The van der Waals surface area contributed by atoms with Gasteiger partial charge in [0.15, 0.2) is 11.5 Å². The molecule has 2 rings (SSSR count). The monoisotopic (exact) mass is 385 g/mol. The van der Waals surface area contributed by atoms with Crippen molar-refractivity contribution in [3.8, 4) is 0 Å². The molecule has 1 heterocycles. The zero-order chi connectivity index (χ0) is 20.5. The number of hydrogen-bond acceptors (Lipinski definition) is 4. The van der Waals surface area contributed by atoms with Crippen LogP contribution in [0.4, 0.5) is 0 Å². The van der Waals surface area contributed by atoms with Crippen LogP contribution in [0.15, 0.2) is 40.9 Å². The second-order valence-electron chi connectivity index (χ2n) is 7.94. The van der Waals surface area contributed by atoms with E-state index < -0.39 is 0 Å². The first-order chi connectivity index (χ1) is 13.3. The van der Waals surface area contributed by atoms with E-state index in [-0.39, 0.29) is 17.5 Å². The smallest absolute Gasteiger partial charge is 0.273 e. The van der Waals surface area contributed by atoms with Gasteiger partial charge in [-0.25, -0.2) is 0 Å². The number of carbonyl (C=O) groups is 2. The Bertz CT molecular complexity index is 753. The van der Waals surface area contributed by atoms with Crippen molar-refractivity contribution >= 4 is 11.8 Å². The normalized spacial score (nSPS) is 11.1. The quantitative estimate of drug-likeness (QED) is 0.677. The number of aromatic nitrogens is 1. The molecule has 0 atom stereocenters. The molecule has 0 aliphatic carbocycles. The molecule has 28 heavy (non-hydrogen) atoms. The van der Waals surface area contributed by atoms with E-state index in [1.54, 1.807) is 11.0 Å².